The highest BCUT2D eigenvalue weighted by molar-refractivity contribution is 6.30. The van der Waals surface area contributed by atoms with Gasteiger partial charge in [0.05, 0.1) is 23.0 Å². The van der Waals surface area contributed by atoms with Gasteiger partial charge in [-0.3, -0.25) is 5.10 Å². The topological polar surface area (TPSA) is 64.5 Å². The zero-order valence-electron chi connectivity index (χ0n) is 9.24. The van der Waals surface area contributed by atoms with E-state index >= 15 is 0 Å². The van der Waals surface area contributed by atoms with E-state index in [1.165, 1.54) is 0 Å². The van der Waals surface area contributed by atoms with Gasteiger partial charge in [-0.25, -0.2) is 0 Å². The Balaban J connectivity index is 2.24. The normalized spacial score (nSPS) is 11.8. The van der Waals surface area contributed by atoms with Gasteiger partial charge in [-0.05, 0) is 31.2 Å². The van der Waals surface area contributed by atoms with Crippen molar-refractivity contribution in [2.75, 3.05) is 5.32 Å². The molecule has 0 aliphatic carbocycles. The molecule has 0 fully saturated rings. The monoisotopic (exact) mass is 246 g/mol. The van der Waals surface area contributed by atoms with Gasteiger partial charge in [0, 0.05) is 11.2 Å². The van der Waals surface area contributed by atoms with E-state index in [0.29, 0.717) is 10.6 Å². The van der Waals surface area contributed by atoms with E-state index in [1.807, 2.05) is 13.0 Å². The van der Waals surface area contributed by atoms with Crippen molar-refractivity contribution < 1.29 is 0 Å². The van der Waals surface area contributed by atoms with Crippen molar-refractivity contribution in [1.82, 2.24) is 10.2 Å². The Bertz CT molecular complexity index is 542. The van der Waals surface area contributed by atoms with Gasteiger partial charge in [0.1, 0.15) is 6.07 Å². The number of rotatable bonds is 3. The summed E-state index contributed by atoms with van der Waals surface area (Å²) >= 11 is 5.91. The fourth-order valence-corrected chi connectivity index (χ4v) is 1.72. The Labute approximate surface area is 104 Å². The molecule has 0 aliphatic heterocycles. The third-order valence-electron chi connectivity index (χ3n) is 2.46. The molecule has 2 N–H and O–H groups in total. The minimum absolute atomic E-state index is 0.0306. The Hall–Kier alpha value is -1.99. The second kappa shape index (κ2) is 4.89. The number of hydrogen-bond acceptors (Lipinski definition) is 3. The number of halogens is 1. The molecule has 0 amide bonds. The molecule has 0 spiro atoms. The number of nitriles is 1. The first-order chi connectivity index (χ1) is 8.20. The second-order valence-electron chi connectivity index (χ2n) is 3.68. The fraction of sp³-hybridized carbons (Fsp3) is 0.167. The van der Waals surface area contributed by atoms with Crippen LogP contribution in [0.25, 0.3) is 0 Å². The van der Waals surface area contributed by atoms with Crippen LogP contribution >= 0.6 is 11.6 Å². The molecule has 1 unspecified atom stereocenters. The van der Waals surface area contributed by atoms with Crippen LogP contribution in [-0.4, -0.2) is 10.2 Å². The number of H-pyrrole nitrogens is 1. The maximum atomic E-state index is 9.00. The van der Waals surface area contributed by atoms with Gasteiger partial charge in [0.25, 0.3) is 0 Å². The predicted molar refractivity (Wildman–Crippen MR) is 66.8 cm³/mol. The molecule has 0 aliphatic rings. The predicted octanol–water partition coefficient (Wildman–Crippen LogP) is 3.11. The van der Waals surface area contributed by atoms with Crippen LogP contribution in [0.2, 0.25) is 5.02 Å². The lowest BCUT2D eigenvalue weighted by Gasteiger charge is -2.14. The quantitative estimate of drug-likeness (QED) is 0.875. The molecule has 86 valence electrons. The van der Waals surface area contributed by atoms with E-state index < -0.39 is 0 Å². The summed E-state index contributed by atoms with van der Waals surface area (Å²) in [5, 5.41) is 19.6. The molecule has 0 bridgehead atoms. The zero-order chi connectivity index (χ0) is 12.3. The van der Waals surface area contributed by atoms with Crippen molar-refractivity contribution in [1.29, 1.82) is 5.26 Å². The third-order valence-corrected chi connectivity index (χ3v) is 2.70. The molecule has 0 saturated carbocycles. The number of aromatic nitrogens is 2. The van der Waals surface area contributed by atoms with Gasteiger partial charge < -0.3 is 5.32 Å². The van der Waals surface area contributed by atoms with E-state index in [-0.39, 0.29) is 6.04 Å². The zero-order valence-corrected chi connectivity index (χ0v) is 9.99. The number of aromatic amines is 1. The van der Waals surface area contributed by atoms with Crippen LogP contribution in [-0.2, 0) is 0 Å². The summed E-state index contributed by atoms with van der Waals surface area (Å²) in [6.07, 6.45) is 1.69. The van der Waals surface area contributed by atoms with Crippen LogP contribution in [0.3, 0.4) is 0 Å². The summed E-state index contributed by atoms with van der Waals surface area (Å²) in [4.78, 5) is 0. The van der Waals surface area contributed by atoms with Crippen LogP contribution in [0.15, 0.2) is 30.5 Å². The van der Waals surface area contributed by atoms with Gasteiger partial charge in [0.2, 0.25) is 0 Å². The summed E-state index contributed by atoms with van der Waals surface area (Å²) in [6.45, 7) is 1.98. The molecule has 1 aromatic carbocycles. The molecule has 2 rings (SSSR count). The Morgan fingerprint density at radius 2 is 2.29 bits per heavy atom. The van der Waals surface area contributed by atoms with Crippen LogP contribution in [0, 0.1) is 11.3 Å². The van der Waals surface area contributed by atoms with Crippen molar-refractivity contribution in [3.05, 3.63) is 46.7 Å². The first-order valence-corrected chi connectivity index (χ1v) is 5.54. The lowest BCUT2D eigenvalue weighted by molar-refractivity contribution is 0.825. The van der Waals surface area contributed by atoms with Gasteiger partial charge in [-0.1, -0.05) is 11.6 Å². The van der Waals surface area contributed by atoms with Crippen LogP contribution in [0.1, 0.15) is 24.2 Å². The minimum atomic E-state index is 0.0306. The smallest absolute Gasteiger partial charge is 0.101 e. The first kappa shape index (κ1) is 11.5. The molecule has 17 heavy (non-hydrogen) atoms. The molecule has 2 aromatic rings. The highest BCUT2D eigenvalue weighted by Crippen LogP contribution is 2.24. The SMILES string of the molecule is CC(Nc1cc(Cl)ccc1C#N)c1ccn[nH]1. The number of hydrogen-bond donors (Lipinski definition) is 2. The second-order valence-corrected chi connectivity index (χ2v) is 4.12. The van der Waals surface area contributed by atoms with E-state index in [1.54, 1.807) is 24.4 Å². The molecule has 0 saturated heterocycles. The number of nitrogens with one attached hydrogen (secondary N) is 2. The van der Waals surface area contributed by atoms with Gasteiger partial charge in [-0.15, -0.1) is 0 Å². The van der Waals surface area contributed by atoms with Gasteiger partial charge in [-0.2, -0.15) is 10.4 Å². The Morgan fingerprint density at radius 3 is 2.94 bits per heavy atom. The lowest BCUT2D eigenvalue weighted by atomic mass is 10.1. The van der Waals surface area contributed by atoms with E-state index in [2.05, 4.69) is 21.6 Å². The van der Waals surface area contributed by atoms with Crippen molar-refractivity contribution in [2.24, 2.45) is 0 Å². The summed E-state index contributed by atoms with van der Waals surface area (Å²) in [5.41, 5.74) is 2.25. The number of nitrogens with zero attached hydrogens (tertiary/aromatic N) is 2. The van der Waals surface area contributed by atoms with E-state index in [4.69, 9.17) is 16.9 Å². The standard InChI is InChI=1S/C12H11ClN4/c1-8(11-4-5-15-17-11)16-12-6-10(13)3-2-9(12)7-14/h2-6,8,16H,1H3,(H,15,17). The molecule has 1 aromatic heterocycles. The van der Waals surface area contributed by atoms with Crippen molar-refractivity contribution >= 4 is 17.3 Å². The summed E-state index contributed by atoms with van der Waals surface area (Å²) in [5.74, 6) is 0. The molecule has 0 radical (unpaired) electrons. The van der Waals surface area contributed by atoms with E-state index in [9.17, 15) is 0 Å². The molecular formula is C12H11ClN4. The summed E-state index contributed by atoms with van der Waals surface area (Å²) in [7, 11) is 0. The largest absolute Gasteiger partial charge is 0.376 e. The maximum Gasteiger partial charge on any atom is 0.101 e. The number of anilines is 1. The minimum Gasteiger partial charge on any atom is -0.376 e. The Morgan fingerprint density at radius 1 is 1.47 bits per heavy atom. The fourth-order valence-electron chi connectivity index (χ4n) is 1.55. The highest BCUT2D eigenvalue weighted by Gasteiger charge is 2.09. The maximum absolute atomic E-state index is 9.00. The van der Waals surface area contributed by atoms with Crippen molar-refractivity contribution in [3.8, 4) is 6.07 Å². The Kier molecular flexibility index (Phi) is 3.31. The summed E-state index contributed by atoms with van der Waals surface area (Å²) < 4.78 is 0. The average molecular weight is 247 g/mol. The molecule has 5 heteroatoms. The molecule has 1 heterocycles. The average Bonchev–Trinajstić information content (AvgIpc) is 2.83. The van der Waals surface area contributed by atoms with Crippen molar-refractivity contribution in [2.45, 2.75) is 13.0 Å². The lowest BCUT2D eigenvalue weighted by Crippen LogP contribution is -2.08. The van der Waals surface area contributed by atoms with Crippen LogP contribution in [0.4, 0.5) is 5.69 Å². The van der Waals surface area contributed by atoms with Crippen LogP contribution in [0.5, 0.6) is 0 Å². The first-order valence-electron chi connectivity index (χ1n) is 5.16. The van der Waals surface area contributed by atoms with Crippen molar-refractivity contribution in [3.63, 3.8) is 0 Å². The van der Waals surface area contributed by atoms with Gasteiger partial charge >= 0.3 is 0 Å². The molecule has 4 nitrogen and oxygen atoms in total. The summed E-state index contributed by atoms with van der Waals surface area (Å²) in [6, 6.07) is 9.18. The third kappa shape index (κ3) is 2.58. The van der Waals surface area contributed by atoms with Crippen LogP contribution < -0.4 is 5.32 Å². The number of benzene rings is 1. The molecule has 1 atom stereocenters. The van der Waals surface area contributed by atoms with E-state index in [0.717, 1.165) is 11.4 Å². The molecular weight excluding hydrogens is 236 g/mol. The highest BCUT2D eigenvalue weighted by atomic mass is 35.5. The van der Waals surface area contributed by atoms with Gasteiger partial charge in [0.15, 0.2) is 0 Å².